The first-order valence-electron chi connectivity index (χ1n) is 5.52. The van der Waals surface area contributed by atoms with Gasteiger partial charge in [-0.1, -0.05) is 5.16 Å². The van der Waals surface area contributed by atoms with Crippen LogP contribution in [-0.4, -0.2) is 30.3 Å². The van der Waals surface area contributed by atoms with Crippen LogP contribution in [0, 0.1) is 0 Å². The van der Waals surface area contributed by atoms with Crippen molar-refractivity contribution in [1.29, 1.82) is 0 Å². The van der Waals surface area contributed by atoms with E-state index in [0.717, 1.165) is 31.8 Å². The van der Waals surface area contributed by atoms with Gasteiger partial charge in [0, 0.05) is 5.92 Å². The van der Waals surface area contributed by atoms with Gasteiger partial charge in [-0.05, 0) is 39.9 Å². The van der Waals surface area contributed by atoms with E-state index in [-0.39, 0.29) is 6.04 Å². The maximum atomic E-state index is 5.23. The Morgan fingerprint density at radius 2 is 2.20 bits per heavy atom. The van der Waals surface area contributed by atoms with Crippen molar-refractivity contribution in [3.63, 3.8) is 0 Å². The molecule has 0 radical (unpaired) electrons. The summed E-state index contributed by atoms with van der Waals surface area (Å²) in [5, 5.41) is 10.5. The van der Waals surface area contributed by atoms with E-state index >= 15 is 0 Å². The third-order valence-corrected chi connectivity index (χ3v) is 2.97. The van der Waals surface area contributed by atoms with Crippen molar-refractivity contribution in [3.05, 3.63) is 11.7 Å². The highest BCUT2D eigenvalue weighted by molar-refractivity contribution is 4.99. The Morgan fingerprint density at radius 3 is 2.87 bits per heavy atom. The molecule has 1 fully saturated rings. The summed E-state index contributed by atoms with van der Waals surface area (Å²) in [5.74, 6) is 2.02. The van der Waals surface area contributed by atoms with E-state index in [0.29, 0.717) is 11.8 Å². The van der Waals surface area contributed by atoms with Crippen LogP contribution in [0.15, 0.2) is 4.52 Å². The quantitative estimate of drug-likeness (QED) is 0.773. The lowest BCUT2D eigenvalue weighted by Gasteiger charge is -2.19. The van der Waals surface area contributed by atoms with Crippen molar-refractivity contribution in [2.24, 2.45) is 0 Å². The largest absolute Gasteiger partial charge is 0.338 e. The summed E-state index contributed by atoms with van der Waals surface area (Å²) >= 11 is 0. The standard InChI is InChI=1S/C10H18N4O/c1-7(11-2)10-13-9(14-15-10)8-3-5-12-6-4-8/h7-8,11-12H,3-6H2,1-2H3. The first-order valence-corrected chi connectivity index (χ1v) is 5.52. The van der Waals surface area contributed by atoms with Crippen molar-refractivity contribution in [2.45, 2.75) is 31.7 Å². The maximum absolute atomic E-state index is 5.23. The van der Waals surface area contributed by atoms with E-state index in [1.165, 1.54) is 0 Å². The molecule has 2 heterocycles. The average molecular weight is 210 g/mol. The van der Waals surface area contributed by atoms with Gasteiger partial charge in [0.2, 0.25) is 5.89 Å². The molecular weight excluding hydrogens is 192 g/mol. The number of aromatic nitrogens is 2. The number of hydrogen-bond acceptors (Lipinski definition) is 5. The van der Waals surface area contributed by atoms with E-state index in [2.05, 4.69) is 20.8 Å². The fraction of sp³-hybridized carbons (Fsp3) is 0.800. The molecule has 1 aliphatic rings. The van der Waals surface area contributed by atoms with Crippen LogP contribution in [0.5, 0.6) is 0 Å². The summed E-state index contributed by atoms with van der Waals surface area (Å²) in [6, 6.07) is 0.132. The summed E-state index contributed by atoms with van der Waals surface area (Å²) in [5.41, 5.74) is 0. The lowest BCUT2D eigenvalue weighted by molar-refractivity contribution is 0.337. The van der Waals surface area contributed by atoms with Gasteiger partial charge in [-0.15, -0.1) is 0 Å². The van der Waals surface area contributed by atoms with E-state index in [4.69, 9.17) is 4.52 Å². The third-order valence-electron chi connectivity index (χ3n) is 2.97. The van der Waals surface area contributed by atoms with Crippen LogP contribution >= 0.6 is 0 Å². The van der Waals surface area contributed by atoms with Crippen molar-refractivity contribution in [2.75, 3.05) is 20.1 Å². The fourth-order valence-corrected chi connectivity index (χ4v) is 1.79. The van der Waals surface area contributed by atoms with E-state index in [1.54, 1.807) is 0 Å². The molecule has 1 unspecified atom stereocenters. The van der Waals surface area contributed by atoms with Crippen molar-refractivity contribution in [1.82, 2.24) is 20.8 Å². The molecule has 0 bridgehead atoms. The Bertz CT molecular complexity index is 306. The van der Waals surface area contributed by atoms with Crippen molar-refractivity contribution in [3.8, 4) is 0 Å². The minimum absolute atomic E-state index is 0.132. The van der Waals surface area contributed by atoms with Crippen LogP contribution in [0.2, 0.25) is 0 Å². The van der Waals surface area contributed by atoms with Crippen LogP contribution in [0.25, 0.3) is 0 Å². The summed E-state index contributed by atoms with van der Waals surface area (Å²) in [6.07, 6.45) is 2.21. The number of hydrogen-bond donors (Lipinski definition) is 2. The predicted molar refractivity (Wildman–Crippen MR) is 56.6 cm³/mol. The van der Waals surface area contributed by atoms with Gasteiger partial charge in [0.25, 0.3) is 0 Å². The first-order chi connectivity index (χ1) is 7.31. The van der Waals surface area contributed by atoms with Crippen molar-refractivity contribution < 1.29 is 4.52 Å². The zero-order valence-corrected chi connectivity index (χ0v) is 9.29. The van der Waals surface area contributed by atoms with Gasteiger partial charge < -0.3 is 15.2 Å². The number of nitrogens with zero attached hydrogens (tertiary/aromatic N) is 2. The molecule has 0 aromatic carbocycles. The molecule has 0 amide bonds. The van der Waals surface area contributed by atoms with Crippen LogP contribution in [0.3, 0.4) is 0 Å². The average Bonchev–Trinajstić information content (AvgIpc) is 2.78. The van der Waals surface area contributed by atoms with Gasteiger partial charge in [0.1, 0.15) is 0 Å². The topological polar surface area (TPSA) is 63.0 Å². The second kappa shape index (κ2) is 4.72. The van der Waals surface area contributed by atoms with Gasteiger partial charge in [-0.3, -0.25) is 0 Å². The molecular formula is C10H18N4O. The monoisotopic (exact) mass is 210 g/mol. The lowest BCUT2D eigenvalue weighted by Crippen LogP contribution is -2.27. The molecule has 0 saturated carbocycles. The minimum atomic E-state index is 0.132. The predicted octanol–water partition coefficient (Wildman–Crippen LogP) is 0.817. The Balaban J connectivity index is 2.05. The summed E-state index contributed by atoms with van der Waals surface area (Å²) < 4.78 is 5.23. The Morgan fingerprint density at radius 1 is 1.47 bits per heavy atom. The fourth-order valence-electron chi connectivity index (χ4n) is 1.79. The molecule has 0 spiro atoms. The second-order valence-electron chi connectivity index (χ2n) is 4.03. The zero-order chi connectivity index (χ0) is 10.7. The SMILES string of the molecule is CNC(C)c1nc(C2CCNCC2)no1. The summed E-state index contributed by atoms with van der Waals surface area (Å²) in [6.45, 7) is 4.12. The molecule has 1 aliphatic heterocycles. The highest BCUT2D eigenvalue weighted by Gasteiger charge is 2.21. The van der Waals surface area contributed by atoms with Crippen LogP contribution in [0.1, 0.15) is 43.4 Å². The molecule has 5 nitrogen and oxygen atoms in total. The molecule has 1 aromatic heterocycles. The molecule has 2 rings (SSSR count). The van der Waals surface area contributed by atoms with Crippen LogP contribution in [-0.2, 0) is 0 Å². The number of rotatable bonds is 3. The molecule has 15 heavy (non-hydrogen) atoms. The lowest BCUT2D eigenvalue weighted by atomic mass is 9.98. The smallest absolute Gasteiger partial charge is 0.243 e. The van der Waals surface area contributed by atoms with Gasteiger partial charge >= 0.3 is 0 Å². The van der Waals surface area contributed by atoms with Crippen LogP contribution < -0.4 is 10.6 Å². The highest BCUT2D eigenvalue weighted by Crippen LogP contribution is 2.23. The zero-order valence-electron chi connectivity index (χ0n) is 9.29. The highest BCUT2D eigenvalue weighted by atomic mass is 16.5. The third kappa shape index (κ3) is 2.35. The van der Waals surface area contributed by atoms with Gasteiger partial charge in [-0.25, -0.2) is 0 Å². The minimum Gasteiger partial charge on any atom is -0.338 e. The first kappa shape index (κ1) is 10.6. The maximum Gasteiger partial charge on any atom is 0.243 e. The molecule has 1 atom stereocenters. The molecule has 5 heteroatoms. The summed E-state index contributed by atoms with van der Waals surface area (Å²) in [7, 11) is 1.89. The summed E-state index contributed by atoms with van der Waals surface area (Å²) in [4.78, 5) is 4.44. The molecule has 2 N–H and O–H groups in total. The van der Waals surface area contributed by atoms with E-state index in [1.807, 2.05) is 14.0 Å². The molecule has 0 aliphatic carbocycles. The number of nitrogens with one attached hydrogen (secondary N) is 2. The van der Waals surface area contributed by atoms with Gasteiger partial charge in [-0.2, -0.15) is 4.98 Å². The van der Waals surface area contributed by atoms with E-state index < -0.39 is 0 Å². The Kier molecular flexibility index (Phi) is 3.33. The van der Waals surface area contributed by atoms with Gasteiger partial charge in [0.05, 0.1) is 6.04 Å². The van der Waals surface area contributed by atoms with Crippen LogP contribution in [0.4, 0.5) is 0 Å². The second-order valence-corrected chi connectivity index (χ2v) is 4.03. The van der Waals surface area contributed by atoms with Crippen molar-refractivity contribution >= 4 is 0 Å². The molecule has 1 aromatic rings. The normalized spacial score (nSPS) is 20.4. The van der Waals surface area contributed by atoms with Gasteiger partial charge in [0.15, 0.2) is 5.82 Å². The Labute approximate surface area is 89.6 Å². The molecule has 84 valence electrons. The van der Waals surface area contributed by atoms with E-state index in [9.17, 15) is 0 Å². The Hall–Kier alpha value is -0.940. The number of piperidine rings is 1. The molecule has 1 saturated heterocycles.